The largest absolute Gasteiger partial charge is 0.476 e. The maximum absolute atomic E-state index is 13.4. The molecule has 0 saturated heterocycles. The molecule has 0 aliphatic heterocycles. The Kier molecular flexibility index (Phi) is 7.97. The summed E-state index contributed by atoms with van der Waals surface area (Å²) in [6, 6.07) is 26.1. The Bertz CT molecular complexity index is 1850. The first-order valence-corrected chi connectivity index (χ1v) is 13.2. The molecule has 1 amide bonds. The summed E-state index contributed by atoms with van der Waals surface area (Å²) in [4.78, 5) is 41.7. The van der Waals surface area contributed by atoms with E-state index in [4.69, 9.17) is 4.74 Å². The van der Waals surface area contributed by atoms with Crippen molar-refractivity contribution in [1.82, 2.24) is 9.66 Å². The van der Waals surface area contributed by atoms with Crippen molar-refractivity contribution in [2.24, 2.45) is 5.10 Å². The summed E-state index contributed by atoms with van der Waals surface area (Å²) in [6.45, 7) is 1.48. The van der Waals surface area contributed by atoms with Crippen LogP contribution in [0.1, 0.15) is 11.1 Å². The molecule has 0 fully saturated rings. The van der Waals surface area contributed by atoms with E-state index in [9.17, 15) is 19.7 Å². The maximum atomic E-state index is 13.4. The van der Waals surface area contributed by atoms with E-state index in [-0.39, 0.29) is 21.5 Å². The van der Waals surface area contributed by atoms with Crippen LogP contribution in [0.25, 0.3) is 22.3 Å². The van der Waals surface area contributed by atoms with Gasteiger partial charge in [0.05, 0.1) is 26.5 Å². The number of nitro benzene ring substituents is 1. The van der Waals surface area contributed by atoms with Gasteiger partial charge in [-0.25, -0.2) is 4.98 Å². The molecule has 0 bridgehead atoms. The standard InChI is InChI=1S/C30H22BrN5O5/c1-19-11-13-22(14-12-19)33-27(37)18-41-28-24(31)15-20(16-26(28)36(39)40)17-32-35-29(21-7-3-2-4-8-21)34-25-10-6-5-9-23(25)30(35)38/h2-17H,18H2,1H3,(H,33,37). The number of aryl methyl sites for hydroxylation is 1. The number of ether oxygens (including phenoxy) is 1. The third-order valence-corrected chi connectivity index (χ3v) is 6.62. The molecule has 0 aliphatic rings. The minimum atomic E-state index is -0.617. The van der Waals surface area contributed by atoms with Crippen molar-refractivity contribution in [3.8, 4) is 17.1 Å². The molecular weight excluding hydrogens is 590 g/mol. The zero-order valence-corrected chi connectivity index (χ0v) is 23.2. The zero-order valence-electron chi connectivity index (χ0n) is 21.7. The van der Waals surface area contributed by atoms with Gasteiger partial charge < -0.3 is 10.1 Å². The first-order valence-electron chi connectivity index (χ1n) is 12.4. The molecule has 41 heavy (non-hydrogen) atoms. The van der Waals surface area contributed by atoms with E-state index in [0.717, 1.165) is 10.2 Å². The van der Waals surface area contributed by atoms with E-state index in [2.05, 4.69) is 31.3 Å². The number of nitrogens with zero attached hydrogens (tertiary/aromatic N) is 4. The lowest BCUT2D eigenvalue weighted by molar-refractivity contribution is -0.385. The summed E-state index contributed by atoms with van der Waals surface area (Å²) >= 11 is 3.31. The second kappa shape index (κ2) is 11.9. The number of benzene rings is 4. The van der Waals surface area contributed by atoms with Gasteiger partial charge in [-0.05, 0) is 53.2 Å². The Balaban J connectivity index is 1.45. The number of rotatable bonds is 8. The zero-order chi connectivity index (χ0) is 28.9. The lowest BCUT2D eigenvalue weighted by Gasteiger charge is -2.11. The summed E-state index contributed by atoms with van der Waals surface area (Å²) in [7, 11) is 0. The molecule has 5 aromatic rings. The lowest BCUT2D eigenvalue weighted by atomic mass is 10.2. The first kappa shape index (κ1) is 27.4. The average Bonchev–Trinajstić information content (AvgIpc) is 2.97. The van der Waals surface area contributed by atoms with Crippen LogP contribution in [0, 0.1) is 17.0 Å². The van der Waals surface area contributed by atoms with Crippen molar-refractivity contribution < 1.29 is 14.5 Å². The fourth-order valence-electron chi connectivity index (χ4n) is 4.05. The molecule has 0 saturated carbocycles. The monoisotopic (exact) mass is 611 g/mol. The van der Waals surface area contributed by atoms with Crippen molar-refractivity contribution in [1.29, 1.82) is 0 Å². The van der Waals surface area contributed by atoms with E-state index < -0.39 is 17.4 Å². The Morgan fingerprint density at radius 3 is 2.51 bits per heavy atom. The quantitative estimate of drug-likeness (QED) is 0.131. The Morgan fingerprint density at radius 2 is 1.78 bits per heavy atom. The van der Waals surface area contributed by atoms with Crippen LogP contribution in [0.4, 0.5) is 11.4 Å². The molecule has 1 aromatic heterocycles. The third-order valence-electron chi connectivity index (χ3n) is 6.03. The molecule has 4 aromatic carbocycles. The predicted octanol–water partition coefficient (Wildman–Crippen LogP) is 5.94. The molecule has 0 aliphatic carbocycles. The van der Waals surface area contributed by atoms with Gasteiger partial charge in [0.2, 0.25) is 5.75 Å². The van der Waals surface area contributed by atoms with Crippen LogP contribution in [0.3, 0.4) is 0 Å². The van der Waals surface area contributed by atoms with E-state index in [1.54, 1.807) is 42.5 Å². The summed E-state index contributed by atoms with van der Waals surface area (Å²) in [5, 5.41) is 19.3. The van der Waals surface area contributed by atoms with E-state index in [1.165, 1.54) is 12.3 Å². The molecule has 10 nitrogen and oxygen atoms in total. The number of hydrogen-bond donors (Lipinski definition) is 1. The Labute approximate surface area is 242 Å². The SMILES string of the molecule is Cc1ccc(NC(=O)COc2c(Br)cc(C=Nn3c(-c4ccccc4)nc4ccccc4c3=O)cc2[N+](=O)[O-])cc1. The fourth-order valence-corrected chi connectivity index (χ4v) is 4.64. The van der Waals surface area contributed by atoms with E-state index >= 15 is 0 Å². The number of carbonyl (C=O) groups is 1. The number of nitrogens with one attached hydrogen (secondary N) is 1. The van der Waals surface area contributed by atoms with Gasteiger partial charge >= 0.3 is 5.69 Å². The second-order valence-corrected chi connectivity index (χ2v) is 9.85. The van der Waals surface area contributed by atoms with Gasteiger partial charge in [0.15, 0.2) is 12.4 Å². The van der Waals surface area contributed by atoms with Crippen LogP contribution in [0.15, 0.2) is 105 Å². The van der Waals surface area contributed by atoms with Gasteiger partial charge in [0.25, 0.3) is 11.5 Å². The van der Waals surface area contributed by atoms with Crippen LogP contribution in [0.5, 0.6) is 5.75 Å². The van der Waals surface area contributed by atoms with Crippen LogP contribution in [0.2, 0.25) is 0 Å². The summed E-state index contributed by atoms with van der Waals surface area (Å²) in [5.41, 5.74) is 2.37. The Morgan fingerprint density at radius 1 is 1.07 bits per heavy atom. The predicted molar refractivity (Wildman–Crippen MR) is 161 cm³/mol. The van der Waals surface area contributed by atoms with Crippen LogP contribution in [-0.2, 0) is 4.79 Å². The van der Waals surface area contributed by atoms with Gasteiger partial charge in [0.1, 0.15) is 0 Å². The molecule has 5 rings (SSSR count). The van der Waals surface area contributed by atoms with Gasteiger partial charge in [-0.2, -0.15) is 9.78 Å². The van der Waals surface area contributed by atoms with Gasteiger partial charge in [-0.1, -0.05) is 60.2 Å². The second-order valence-electron chi connectivity index (χ2n) is 8.99. The first-order chi connectivity index (χ1) is 19.8. The molecule has 1 heterocycles. The van der Waals surface area contributed by atoms with Crippen LogP contribution >= 0.6 is 15.9 Å². The highest BCUT2D eigenvalue weighted by Crippen LogP contribution is 2.36. The van der Waals surface area contributed by atoms with Crippen LogP contribution in [-0.4, -0.2) is 33.3 Å². The summed E-state index contributed by atoms with van der Waals surface area (Å²) in [5.74, 6) is -0.267. The highest BCUT2D eigenvalue weighted by molar-refractivity contribution is 9.10. The topological polar surface area (TPSA) is 129 Å². The van der Waals surface area contributed by atoms with Crippen molar-refractivity contribution in [3.63, 3.8) is 0 Å². The Hall–Kier alpha value is -5.16. The highest BCUT2D eigenvalue weighted by atomic mass is 79.9. The normalized spacial score (nSPS) is 11.1. The van der Waals surface area contributed by atoms with Crippen molar-refractivity contribution in [3.05, 3.63) is 127 Å². The maximum Gasteiger partial charge on any atom is 0.312 e. The van der Waals surface area contributed by atoms with Crippen molar-refractivity contribution in [2.75, 3.05) is 11.9 Å². The van der Waals surface area contributed by atoms with Crippen molar-refractivity contribution >= 4 is 50.3 Å². The molecule has 0 spiro atoms. The number of fused-ring (bicyclic) bond motifs is 1. The number of para-hydroxylation sites is 1. The number of amides is 1. The molecule has 1 N–H and O–H groups in total. The molecule has 204 valence electrons. The average molecular weight is 612 g/mol. The van der Waals surface area contributed by atoms with E-state index in [0.29, 0.717) is 33.5 Å². The van der Waals surface area contributed by atoms with Gasteiger partial charge in [-0.15, -0.1) is 0 Å². The summed E-state index contributed by atoms with van der Waals surface area (Å²) in [6.07, 6.45) is 1.33. The third kappa shape index (κ3) is 6.20. The van der Waals surface area contributed by atoms with E-state index in [1.807, 2.05) is 49.4 Å². The number of nitro groups is 1. The van der Waals surface area contributed by atoms with Gasteiger partial charge in [0, 0.05) is 22.9 Å². The molecule has 0 radical (unpaired) electrons. The number of anilines is 1. The number of halogens is 1. The number of carbonyl (C=O) groups excluding carboxylic acids is 1. The number of hydrogen-bond acceptors (Lipinski definition) is 7. The summed E-state index contributed by atoms with van der Waals surface area (Å²) < 4.78 is 6.94. The van der Waals surface area contributed by atoms with Gasteiger partial charge in [-0.3, -0.25) is 19.7 Å². The molecule has 11 heteroatoms. The highest BCUT2D eigenvalue weighted by Gasteiger charge is 2.21. The molecular formula is C30H22BrN5O5. The van der Waals surface area contributed by atoms with Crippen LogP contribution < -0.4 is 15.6 Å². The molecule has 0 atom stereocenters. The van der Waals surface area contributed by atoms with Crippen molar-refractivity contribution in [2.45, 2.75) is 6.92 Å². The lowest BCUT2D eigenvalue weighted by Crippen LogP contribution is -2.21. The minimum Gasteiger partial charge on any atom is -0.476 e. The smallest absolute Gasteiger partial charge is 0.312 e. The molecule has 0 unspecified atom stereocenters. The minimum absolute atomic E-state index is 0.110. The number of aromatic nitrogens is 2. The fraction of sp³-hybridized carbons (Fsp3) is 0.0667.